The highest BCUT2D eigenvalue weighted by Gasteiger charge is 2.35. The normalized spacial score (nSPS) is 20.9. The van der Waals surface area contributed by atoms with E-state index in [1.807, 2.05) is 13.8 Å². The number of hydrogen-bond acceptors (Lipinski definition) is 3. The number of hydrogen-bond donors (Lipinski definition) is 2. The molecule has 2 N–H and O–H groups in total. The molecule has 6 nitrogen and oxygen atoms in total. The van der Waals surface area contributed by atoms with Crippen molar-refractivity contribution in [2.45, 2.75) is 33.2 Å². The van der Waals surface area contributed by atoms with Crippen LogP contribution in [0.3, 0.4) is 0 Å². The van der Waals surface area contributed by atoms with Crippen LogP contribution < -0.4 is 5.32 Å². The molecule has 0 aromatic rings. The van der Waals surface area contributed by atoms with Gasteiger partial charge in [0.1, 0.15) is 6.04 Å². The predicted molar refractivity (Wildman–Crippen MR) is 64.8 cm³/mol. The molecule has 0 unspecified atom stereocenters. The maximum absolute atomic E-state index is 12.2. The van der Waals surface area contributed by atoms with Crippen molar-refractivity contribution in [3.8, 4) is 0 Å². The highest BCUT2D eigenvalue weighted by Crippen LogP contribution is 2.18. The minimum atomic E-state index is -0.870. The van der Waals surface area contributed by atoms with Crippen LogP contribution in [0.4, 0.5) is 0 Å². The second-order valence-electron chi connectivity index (χ2n) is 5.03. The number of nitrogens with zero attached hydrogens (tertiary/aromatic N) is 1. The van der Waals surface area contributed by atoms with Gasteiger partial charge < -0.3 is 15.3 Å². The molecule has 0 aromatic carbocycles. The fourth-order valence-electron chi connectivity index (χ4n) is 2.09. The average Bonchev–Trinajstić information content (AvgIpc) is 2.73. The lowest BCUT2D eigenvalue weighted by Gasteiger charge is -2.26. The summed E-state index contributed by atoms with van der Waals surface area (Å²) in [5.41, 5.74) is 0. The van der Waals surface area contributed by atoms with Crippen LogP contribution in [-0.4, -0.2) is 46.9 Å². The molecule has 2 atom stereocenters. The summed E-state index contributed by atoms with van der Waals surface area (Å²) in [5, 5.41) is 11.5. The van der Waals surface area contributed by atoms with Crippen LogP contribution in [0.25, 0.3) is 0 Å². The average molecular weight is 256 g/mol. The van der Waals surface area contributed by atoms with E-state index in [9.17, 15) is 14.4 Å². The molecule has 18 heavy (non-hydrogen) atoms. The van der Waals surface area contributed by atoms with Gasteiger partial charge in [-0.3, -0.25) is 14.4 Å². The smallest absolute Gasteiger partial charge is 0.308 e. The van der Waals surface area contributed by atoms with Gasteiger partial charge in [-0.15, -0.1) is 0 Å². The third-order valence-electron chi connectivity index (χ3n) is 3.14. The molecular formula is C12H20N2O4. The molecule has 0 aromatic heterocycles. The first kappa shape index (κ1) is 14.5. The number of nitrogens with one attached hydrogen (secondary N) is 1. The Morgan fingerprint density at radius 2 is 1.94 bits per heavy atom. The van der Waals surface area contributed by atoms with E-state index in [0.717, 1.165) is 0 Å². The molecule has 0 spiro atoms. The molecule has 1 heterocycles. The monoisotopic (exact) mass is 256 g/mol. The Morgan fingerprint density at radius 1 is 1.33 bits per heavy atom. The summed E-state index contributed by atoms with van der Waals surface area (Å²) in [4.78, 5) is 35.7. The van der Waals surface area contributed by atoms with E-state index in [-0.39, 0.29) is 24.3 Å². The van der Waals surface area contributed by atoms with Crippen molar-refractivity contribution >= 4 is 17.8 Å². The fraction of sp³-hybridized carbons (Fsp3) is 0.750. The first-order chi connectivity index (χ1) is 8.32. The van der Waals surface area contributed by atoms with Crippen molar-refractivity contribution in [3.05, 3.63) is 0 Å². The molecule has 0 bridgehead atoms. The Hall–Kier alpha value is -1.59. The summed E-state index contributed by atoms with van der Waals surface area (Å²) in [7, 11) is 0. The van der Waals surface area contributed by atoms with Gasteiger partial charge in [0, 0.05) is 20.0 Å². The van der Waals surface area contributed by atoms with E-state index >= 15 is 0 Å². The van der Waals surface area contributed by atoms with Crippen molar-refractivity contribution < 1.29 is 19.5 Å². The van der Waals surface area contributed by atoms with E-state index < -0.39 is 17.9 Å². The van der Waals surface area contributed by atoms with Crippen molar-refractivity contribution in [1.29, 1.82) is 0 Å². The van der Waals surface area contributed by atoms with Gasteiger partial charge in [0.05, 0.1) is 5.92 Å². The third-order valence-corrected chi connectivity index (χ3v) is 3.14. The van der Waals surface area contributed by atoms with Gasteiger partial charge in [0.25, 0.3) is 0 Å². The van der Waals surface area contributed by atoms with E-state index in [1.165, 1.54) is 11.8 Å². The number of carbonyl (C=O) groups excluding carboxylic acids is 2. The van der Waals surface area contributed by atoms with E-state index in [4.69, 9.17) is 5.11 Å². The molecule has 2 amide bonds. The van der Waals surface area contributed by atoms with Crippen molar-refractivity contribution in [3.63, 3.8) is 0 Å². The zero-order chi connectivity index (χ0) is 13.9. The fourth-order valence-corrected chi connectivity index (χ4v) is 2.09. The SMILES string of the molecule is CC(=O)N[C@H](C(=O)N1CC[C@@H](C(=O)O)C1)C(C)C. The first-order valence-electron chi connectivity index (χ1n) is 6.11. The standard InChI is InChI=1S/C12H20N2O4/c1-7(2)10(13-8(3)15)11(16)14-5-4-9(6-14)12(17)18/h7,9-10H,4-6H2,1-3H3,(H,13,15)(H,17,18)/t9-,10+/m1/s1. The third kappa shape index (κ3) is 3.45. The second kappa shape index (κ2) is 5.84. The largest absolute Gasteiger partial charge is 0.481 e. The predicted octanol–water partition coefficient (Wildman–Crippen LogP) is 0.0802. The van der Waals surface area contributed by atoms with Crippen molar-refractivity contribution in [2.75, 3.05) is 13.1 Å². The number of rotatable bonds is 4. The Kier molecular flexibility index (Phi) is 4.69. The van der Waals surface area contributed by atoms with E-state index in [1.54, 1.807) is 0 Å². The van der Waals surface area contributed by atoms with Gasteiger partial charge in [0.15, 0.2) is 0 Å². The first-order valence-corrected chi connectivity index (χ1v) is 6.11. The van der Waals surface area contributed by atoms with Gasteiger partial charge in [-0.05, 0) is 12.3 Å². The summed E-state index contributed by atoms with van der Waals surface area (Å²) in [6.07, 6.45) is 0.478. The molecule has 1 aliphatic rings. The summed E-state index contributed by atoms with van der Waals surface area (Å²) >= 11 is 0. The number of carboxylic acid groups (broad SMARTS) is 1. The zero-order valence-electron chi connectivity index (χ0n) is 11.0. The molecule has 6 heteroatoms. The Morgan fingerprint density at radius 3 is 2.33 bits per heavy atom. The molecule has 1 saturated heterocycles. The minimum Gasteiger partial charge on any atom is -0.481 e. The molecule has 0 radical (unpaired) electrons. The number of likely N-dealkylation sites (tertiary alicyclic amines) is 1. The Balaban J connectivity index is 2.67. The van der Waals surface area contributed by atoms with Gasteiger partial charge in [-0.1, -0.05) is 13.8 Å². The van der Waals surface area contributed by atoms with E-state index in [0.29, 0.717) is 13.0 Å². The summed E-state index contributed by atoms with van der Waals surface area (Å²) in [5.74, 6) is -1.82. The zero-order valence-corrected chi connectivity index (χ0v) is 11.0. The van der Waals surface area contributed by atoms with Crippen molar-refractivity contribution in [1.82, 2.24) is 10.2 Å². The highest BCUT2D eigenvalue weighted by atomic mass is 16.4. The number of aliphatic carboxylic acids is 1. The minimum absolute atomic E-state index is 0.0229. The van der Waals surface area contributed by atoms with Gasteiger partial charge >= 0.3 is 5.97 Å². The Labute approximate surface area is 106 Å². The van der Waals surface area contributed by atoms with Gasteiger partial charge in [0.2, 0.25) is 11.8 Å². The lowest BCUT2D eigenvalue weighted by atomic mass is 10.0. The van der Waals surface area contributed by atoms with Crippen LogP contribution in [0.1, 0.15) is 27.2 Å². The number of carboxylic acids is 1. The van der Waals surface area contributed by atoms with Crippen LogP contribution >= 0.6 is 0 Å². The van der Waals surface area contributed by atoms with E-state index in [2.05, 4.69) is 5.32 Å². The quantitative estimate of drug-likeness (QED) is 0.745. The van der Waals surface area contributed by atoms with Crippen molar-refractivity contribution in [2.24, 2.45) is 11.8 Å². The number of carbonyl (C=O) groups is 3. The number of amides is 2. The van der Waals surface area contributed by atoms with Crippen LogP contribution in [0.5, 0.6) is 0 Å². The molecule has 1 rings (SSSR count). The van der Waals surface area contributed by atoms with Gasteiger partial charge in [-0.25, -0.2) is 0 Å². The van der Waals surface area contributed by atoms with Crippen LogP contribution in [-0.2, 0) is 14.4 Å². The van der Waals surface area contributed by atoms with Crippen LogP contribution in [0, 0.1) is 11.8 Å². The topological polar surface area (TPSA) is 86.7 Å². The summed E-state index contributed by atoms with van der Waals surface area (Å²) in [6, 6.07) is -0.574. The Bertz CT molecular complexity index is 354. The molecule has 1 aliphatic heterocycles. The van der Waals surface area contributed by atoms with Gasteiger partial charge in [-0.2, -0.15) is 0 Å². The molecule has 0 aliphatic carbocycles. The lowest BCUT2D eigenvalue weighted by molar-refractivity contribution is -0.142. The second-order valence-corrected chi connectivity index (χ2v) is 5.03. The maximum Gasteiger partial charge on any atom is 0.308 e. The molecule has 102 valence electrons. The molecular weight excluding hydrogens is 236 g/mol. The van der Waals surface area contributed by atoms with Crippen LogP contribution in [0.2, 0.25) is 0 Å². The molecule has 0 saturated carbocycles. The summed E-state index contributed by atoms with van der Waals surface area (Å²) < 4.78 is 0. The highest BCUT2D eigenvalue weighted by molar-refractivity contribution is 5.87. The summed E-state index contributed by atoms with van der Waals surface area (Å²) in [6.45, 7) is 5.74. The molecule has 1 fully saturated rings. The van der Waals surface area contributed by atoms with Crippen LogP contribution in [0.15, 0.2) is 0 Å². The lowest BCUT2D eigenvalue weighted by Crippen LogP contribution is -2.50. The maximum atomic E-state index is 12.2.